The fourth-order valence-electron chi connectivity index (χ4n) is 0.814. The van der Waals surface area contributed by atoms with Crippen molar-refractivity contribution in [2.24, 2.45) is 0 Å². The topological polar surface area (TPSA) is 55.8 Å². The van der Waals surface area contributed by atoms with Crippen LogP contribution in [0.2, 0.25) is 0 Å². The molecule has 0 fully saturated rings. The molecule has 0 aliphatic heterocycles. The number of carboxylic acids is 1. The van der Waals surface area contributed by atoms with Crippen molar-refractivity contribution in [1.82, 2.24) is 0 Å². The van der Waals surface area contributed by atoms with Crippen LogP contribution in [0.1, 0.15) is 27.2 Å². The Morgan fingerprint density at radius 2 is 2.00 bits per heavy atom. The van der Waals surface area contributed by atoms with E-state index in [2.05, 4.69) is 0 Å². The third-order valence-corrected chi connectivity index (χ3v) is 1.48. The molecule has 13 heavy (non-hydrogen) atoms. The summed E-state index contributed by atoms with van der Waals surface area (Å²) in [5.74, 6) is -0.944. The fourth-order valence-corrected chi connectivity index (χ4v) is 0.814. The molecule has 78 valence electrons. The van der Waals surface area contributed by atoms with Gasteiger partial charge in [-0.15, -0.1) is 0 Å². The molecule has 0 radical (unpaired) electrons. The molecule has 0 aromatic carbocycles. The van der Waals surface area contributed by atoms with Gasteiger partial charge in [0, 0.05) is 13.5 Å². The predicted octanol–water partition coefficient (Wildman–Crippen LogP) is 1.29. The van der Waals surface area contributed by atoms with Crippen molar-refractivity contribution in [3.05, 3.63) is 0 Å². The molecule has 0 aliphatic rings. The van der Waals surface area contributed by atoms with Gasteiger partial charge in [-0.1, -0.05) is 0 Å². The van der Waals surface area contributed by atoms with Gasteiger partial charge < -0.3 is 14.6 Å². The lowest BCUT2D eigenvalue weighted by atomic mass is 10.2. The van der Waals surface area contributed by atoms with Crippen molar-refractivity contribution in [2.45, 2.75) is 38.9 Å². The molecule has 0 unspecified atom stereocenters. The van der Waals surface area contributed by atoms with Gasteiger partial charge in [0.2, 0.25) is 0 Å². The van der Waals surface area contributed by atoms with Gasteiger partial charge >= 0.3 is 5.97 Å². The van der Waals surface area contributed by atoms with Gasteiger partial charge in [0.05, 0.1) is 12.2 Å². The third-order valence-electron chi connectivity index (χ3n) is 1.48. The minimum Gasteiger partial charge on any atom is -0.479 e. The van der Waals surface area contributed by atoms with Crippen molar-refractivity contribution in [1.29, 1.82) is 0 Å². The molecule has 0 aliphatic carbocycles. The van der Waals surface area contributed by atoms with Crippen LogP contribution in [0, 0.1) is 0 Å². The van der Waals surface area contributed by atoms with Crippen LogP contribution < -0.4 is 0 Å². The highest BCUT2D eigenvalue weighted by molar-refractivity contribution is 5.72. The molecule has 0 amide bonds. The van der Waals surface area contributed by atoms with E-state index in [-0.39, 0.29) is 5.60 Å². The molecule has 1 N–H and O–H groups in total. The summed E-state index contributed by atoms with van der Waals surface area (Å²) in [7, 11) is 1.38. The summed E-state index contributed by atoms with van der Waals surface area (Å²) in [4.78, 5) is 10.5. The van der Waals surface area contributed by atoms with Crippen LogP contribution in [-0.4, -0.2) is 36.5 Å². The SMILES string of the molecule is CO[C@H](CCOC(C)(C)C)C(=O)O. The van der Waals surface area contributed by atoms with Crippen LogP contribution in [0.5, 0.6) is 0 Å². The van der Waals surface area contributed by atoms with E-state index in [9.17, 15) is 4.79 Å². The van der Waals surface area contributed by atoms with E-state index in [0.29, 0.717) is 13.0 Å². The lowest BCUT2D eigenvalue weighted by Gasteiger charge is -2.20. The van der Waals surface area contributed by atoms with Crippen molar-refractivity contribution in [3.63, 3.8) is 0 Å². The second-order valence-corrected chi connectivity index (χ2v) is 3.81. The number of hydrogen-bond donors (Lipinski definition) is 1. The Morgan fingerprint density at radius 3 is 2.31 bits per heavy atom. The van der Waals surface area contributed by atoms with Gasteiger partial charge in [-0.2, -0.15) is 0 Å². The number of carbonyl (C=O) groups is 1. The molecule has 0 heterocycles. The molecule has 0 saturated carbocycles. The maximum atomic E-state index is 10.5. The second kappa shape index (κ2) is 5.19. The largest absolute Gasteiger partial charge is 0.479 e. The molecule has 0 spiro atoms. The van der Waals surface area contributed by atoms with Crippen LogP contribution in [0.15, 0.2) is 0 Å². The van der Waals surface area contributed by atoms with Gasteiger partial charge in [-0.25, -0.2) is 4.79 Å². The highest BCUT2D eigenvalue weighted by atomic mass is 16.5. The normalized spacial score (nSPS) is 14.2. The van der Waals surface area contributed by atoms with Crippen LogP contribution in [0.3, 0.4) is 0 Å². The summed E-state index contributed by atoms with van der Waals surface area (Å²) >= 11 is 0. The number of aliphatic carboxylic acids is 1. The zero-order valence-corrected chi connectivity index (χ0v) is 8.66. The Hall–Kier alpha value is -0.610. The molecule has 4 heteroatoms. The highest BCUT2D eigenvalue weighted by Gasteiger charge is 2.17. The Kier molecular flexibility index (Phi) is 4.95. The van der Waals surface area contributed by atoms with Crippen molar-refractivity contribution in [2.75, 3.05) is 13.7 Å². The minimum atomic E-state index is -0.944. The fraction of sp³-hybridized carbons (Fsp3) is 0.889. The van der Waals surface area contributed by atoms with Crippen molar-refractivity contribution in [3.8, 4) is 0 Å². The van der Waals surface area contributed by atoms with E-state index < -0.39 is 12.1 Å². The van der Waals surface area contributed by atoms with Gasteiger partial charge in [0.1, 0.15) is 0 Å². The molecular weight excluding hydrogens is 172 g/mol. The number of carboxylic acid groups (broad SMARTS) is 1. The highest BCUT2D eigenvalue weighted by Crippen LogP contribution is 2.08. The van der Waals surface area contributed by atoms with Crippen molar-refractivity contribution < 1.29 is 19.4 Å². The van der Waals surface area contributed by atoms with Crippen LogP contribution in [-0.2, 0) is 14.3 Å². The molecule has 1 atom stereocenters. The Bertz CT molecular complexity index is 159. The van der Waals surface area contributed by atoms with Gasteiger partial charge in [0.25, 0.3) is 0 Å². The first kappa shape index (κ1) is 12.4. The summed E-state index contributed by atoms with van der Waals surface area (Å²) in [5, 5.41) is 8.62. The smallest absolute Gasteiger partial charge is 0.332 e. The zero-order chi connectivity index (χ0) is 10.5. The molecule has 0 aromatic heterocycles. The van der Waals surface area contributed by atoms with Gasteiger partial charge in [-0.05, 0) is 20.8 Å². The van der Waals surface area contributed by atoms with Crippen molar-refractivity contribution >= 4 is 5.97 Å². The van der Waals surface area contributed by atoms with E-state index in [1.807, 2.05) is 20.8 Å². The number of hydrogen-bond acceptors (Lipinski definition) is 3. The summed E-state index contributed by atoms with van der Waals surface area (Å²) in [6.45, 7) is 6.18. The molecular formula is C9H18O4. The number of methoxy groups -OCH3 is 1. The van der Waals surface area contributed by atoms with E-state index in [1.165, 1.54) is 7.11 Å². The number of rotatable bonds is 5. The molecule has 0 bridgehead atoms. The summed E-state index contributed by atoms with van der Waals surface area (Å²) in [6.07, 6.45) is -0.384. The van der Waals surface area contributed by atoms with E-state index >= 15 is 0 Å². The zero-order valence-electron chi connectivity index (χ0n) is 8.66. The van der Waals surface area contributed by atoms with Crippen LogP contribution >= 0.6 is 0 Å². The summed E-state index contributed by atoms with van der Waals surface area (Å²) in [5.41, 5.74) is -0.225. The van der Waals surface area contributed by atoms with E-state index in [1.54, 1.807) is 0 Å². The number of ether oxygens (including phenoxy) is 2. The maximum absolute atomic E-state index is 10.5. The first-order valence-electron chi connectivity index (χ1n) is 4.26. The van der Waals surface area contributed by atoms with Gasteiger partial charge in [-0.3, -0.25) is 0 Å². The van der Waals surface area contributed by atoms with E-state index in [0.717, 1.165) is 0 Å². The lowest BCUT2D eigenvalue weighted by Crippen LogP contribution is -2.27. The van der Waals surface area contributed by atoms with Crippen LogP contribution in [0.4, 0.5) is 0 Å². The quantitative estimate of drug-likeness (QED) is 0.709. The Balaban J connectivity index is 3.68. The van der Waals surface area contributed by atoms with E-state index in [4.69, 9.17) is 14.6 Å². The van der Waals surface area contributed by atoms with Gasteiger partial charge in [0.15, 0.2) is 6.10 Å². The first-order valence-corrected chi connectivity index (χ1v) is 4.26. The van der Waals surface area contributed by atoms with Crippen LogP contribution in [0.25, 0.3) is 0 Å². The molecule has 0 rings (SSSR count). The molecule has 0 saturated heterocycles. The average molecular weight is 190 g/mol. The second-order valence-electron chi connectivity index (χ2n) is 3.81. The monoisotopic (exact) mass is 190 g/mol. The predicted molar refractivity (Wildman–Crippen MR) is 48.8 cm³/mol. The summed E-state index contributed by atoms with van der Waals surface area (Å²) in [6, 6.07) is 0. The molecule has 4 nitrogen and oxygen atoms in total. The third kappa shape index (κ3) is 6.54. The average Bonchev–Trinajstić information content (AvgIpc) is 1.95. The molecule has 0 aromatic rings. The standard InChI is InChI=1S/C9H18O4/c1-9(2,3)13-6-5-7(12-4)8(10)11/h7H,5-6H2,1-4H3,(H,10,11)/t7-/m1/s1. The maximum Gasteiger partial charge on any atom is 0.332 e. The lowest BCUT2D eigenvalue weighted by molar-refractivity contribution is -0.150. The Labute approximate surface area is 78.8 Å². The summed E-state index contributed by atoms with van der Waals surface area (Å²) < 4.78 is 10.1. The Morgan fingerprint density at radius 1 is 1.46 bits per heavy atom. The first-order chi connectivity index (χ1) is 5.87. The minimum absolute atomic E-state index is 0.225.